The molecule has 0 saturated heterocycles. The van der Waals surface area contributed by atoms with E-state index in [1.165, 1.54) is 0 Å². The summed E-state index contributed by atoms with van der Waals surface area (Å²) in [6.07, 6.45) is 1.84. The quantitative estimate of drug-likeness (QED) is 0.754. The van der Waals surface area contributed by atoms with E-state index in [4.69, 9.17) is 9.15 Å². The number of nitrogens with zero attached hydrogens (tertiary/aromatic N) is 2. The Morgan fingerprint density at radius 1 is 1.46 bits per heavy atom. The molecule has 2 atom stereocenters. The van der Waals surface area contributed by atoms with Crippen molar-refractivity contribution in [1.82, 2.24) is 15.1 Å². The molecule has 1 aliphatic heterocycles. The Hall–Kier alpha value is -2.47. The van der Waals surface area contributed by atoms with Crippen molar-refractivity contribution in [3.05, 3.63) is 42.3 Å². The van der Waals surface area contributed by atoms with Gasteiger partial charge in [0.2, 0.25) is 0 Å². The fourth-order valence-electron chi connectivity index (χ4n) is 3.20. The summed E-state index contributed by atoms with van der Waals surface area (Å²) in [5, 5.41) is 12.4. The van der Waals surface area contributed by atoms with Gasteiger partial charge in [0.15, 0.2) is 11.3 Å². The maximum Gasteiger partial charge on any atom is 0.176 e. The molecule has 0 amide bonds. The topological polar surface area (TPSA) is 64.2 Å². The van der Waals surface area contributed by atoms with E-state index in [0.717, 1.165) is 47.9 Å². The molecule has 6 nitrogen and oxygen atoms in total. The van der Waals surface area contributed by atoms with Gasteiger partial charge in [0.25, 0.3) is 0 Å². The lowest BCUT2D eigenvalue weighted by Gasteiger charge is -2.26. The molecule has 3 aromatic rings. The van der Waals surface area contributed by atoms with E-state index in [1.54, 1.807) is 7.11 Å². The monoisotopic (exact) mass is 326 g/mol. The Kier molecular flexibility index (Phi) is 3.90. The number of aromatic nitrogens is 2. The van der Waals surface area contributed by atoms with E-state index in [9.17, 15) is 0 Å². The number of fused-ring (bicyclic) bond motifs is 2. The van der Waals surface area contributed by atoms with Crippen LogP contribution in [0.3, 0.4) is 0 Å². The van der Waals surface area contributed by atoms with E-state index in [-0.39, 0.29) is 6.04 Å². The Labute approximate surface area is 140 Å². The van der Waals surface area contributed by atoms with Gasteiger partial charge in [-0.1, -0.05) is 12.1 Å². The molecule has 0 saturated carbocycles. The number of ether oxygens (including phenoxy) is 1. The number of anilines is 1. The van der Waals surface area contributed by atoms with Gasteiger partial charge in [0.05, 0.1) is 19.3 Å². The SMILES string of the molecule is COc1cccc2cc(C(C)NCC3CNc4ccnn4C3)oc12. The Morgan fingerprint density at radius 3 is 3.25 bits per heavy atom. The number of furan rings is 1. The first-order valence-corrected chi connectivity index (χ1v) is 8.30. The maximum atomic E-state index is 6.01. The second-order valence-electron chi connectivity index (χ2n) is 6.30. The lowest BCUT2D eigenvalue weighted by molar-refractivity contribution is 0.357. The molecule has 2 N–H and O–H groups in total. The molecule has 0 fully saturated rings. The molecule has 4 rings (SSSR count). The van der Waals surface area contributed by atoms with E-state index >= 15 is 0 Å². The van der Waals surface area contributed by atoms with Crippen LogP contribution in [0.15, 0.2) is 40.9 Å². The molecule has 2 unspecified atom stereocenters. The van der Waals surface area contributed by atoms with E-state index < -0.39 is 0 Å². The van der Waals surface area contributed by atoms with E-state index in [1.807, 2.05) is 35.1 Å². The third kappa shape index (κ3) is 2.73. The van der Waals surface area contributed by atoms with Crippen LogP contribution in [-0.2, 0) is 6.54 Å². The normalized spacial score (nSPS) is 18.2. The van der Waals surface area contributed by atoms with Crippen LogP contribution in [0.2, 0.25) is 0 Å². The number of hydrogen-bond donors (Lipinski definition) is 2. The maximum absolute atomic E-state index is 6.01. The number of para-hydroxylation sites is 1. The molecule has 1 aliphatic rings. The fourth-order valence-corrected chi connectivity index (χ4v) is 3.20. The van der Waals surface area contributed by atoms with Gasteiger partial charge >= 0.3 is 0 Å². The smallest absolute Gasteiger partial charge is 0.176 e. The molecule has 0 bridgehead atoms. The Balaban J connectivity index is 1.42. The van der Waals surface area contributed by atoms with Gasteiger partial charge in [-0.2, -0.15) is 5.10 Å². The zero-order valence-electron chi connectivity index (χ0n) is 14.0. The number of nitrogens with one attached hydrogen (secondary N) is 2. The molecule has 0 aliphatic carbocycles. The van der Waals surface area contributed by atoms with Crippen LogP contribution in [0.4, 0.5) is 5.82 Å². The minimum atomic E-state index is 0.140. The zero-order valence-corrected chi connectivity index (χ0v) is 14.0. The molecule has 126 valence electrons. The highest BCUT2D eigenvalue weighted by molar-refractivity contribution is 5.83. The third-order valence-electron chi connectivity index (χ3n) is 4.61. The second-order valence-corrected chi connectivity index (χ2v) is 6.30. The van der Waals surface area contributed by atoms with Crippen LogP contribution in [0.25, 0.3) is 11.0 Å². The van der Waals surface area contributed by atoms with E-state index in [0.29, 0.717) is 5.92 Å². The van der Waals surface area contributed by atoms with Gasteiger partial charge in [-0.05, 0) is 19.1 Å². The summed E-state index contributed by atoms with van der Waals surface area (Å²) in [5.41, 5.74) is 0.809. The van der Waals surface area contributed by atoms with Crippen molar-refractivity contribution in [1.29, 1.82) is 0 Å². The second kappa shape index (κ2) is 6.20. The largest absolute Gasteiger partial charge is 0.493 e. The molecule has 0 radical (unpaired) electrons. The molecule has 6 heteroatoms. The van der Waals surface area contributed by atoms with Crippen LogP contribution in [0.1, 0.15) is 18.7 Å². The third-order valence-corrected chi connectivity index (χ3v) is 4.61. The molecule has 0 spiro atoms. The highest BCUT2D eigenvalue weighted by Gasteiger charge is 2.20. The van der Waals surface area contributed by atoms with Crippen molar-refractivity contribution in [3.63, 3.8) is 0 Å². The minimum absolute atomic E-state index is 0.140. The average molecular weight is 326 g/mol. The van der Waals surface area contributed by atoms with Gasteiger partial charge < -0.3 is 19.8 Å². The predicted molar refractivity (Wildman–Crippen MR) is 93.4 cm³/mol. The van der Waals surface area contributed by atoms with Crippen LogP contribution < -0.4 is 15.4 Å². The molecular weight excluding hydrogens is 304 g/mol. The van der Waals surface area contributed by atoms with Crippen molar-refractivity contribution in [2.75, 3.05) is 25.5 Å². The fraction of sp³-hybridized carbons (Fsp3) is 0.389. The van der Waals surface area contributed by atoms with Crippen molar-refractivity contribution in [2.24, 2.45) is 5.92 Å². The number of rotatable bonds is 5. The first kappa shape index (κ1) is 15.1. The summed E-state index contributed by atoms with van der Waals surface area (Å²) in [6, 6.07) is 10.2. The summed E-state index contributed by atoms with van der Waals surface area (Å²) in [6.45, 7) is 4.92. The molecule has 24 heavy (non-hydrogen) atoms. The molecule has 2 aromatic heterocycles. The van der Waals surface area contributed by atoms with E-state index in [2.05, 4.69) is 28.7 Å². The first-order valence-electron chi connectivity index (χ1n) is 8.30. The summed E-state index contributed by atoms with van der Waals surface area (Å²) in [5.74, 6) is 3.30. The lowest BCUT2D eigenvalue weighted by Crippen LogP contribution is -2.36. The molecular formula is C18H22N4O2. The highest BCUT2D eigenvalue weighted by Crippen LogP contribution is 2.31. The van der Waals surface area contributed by atoms with Crippen LogP contribution >= 0.6 is 0 Å². The van der Waals surface area contributed by atoms with Crippen molar-refractivity contribution >= 4 is 16.8 Å². The van der Waals surface area contributed by atoms with Gasteiger partial charge in [0, 0.05) is 37.0 Å². The van der Waals surface area contributed by atoms with Crippen molar-refractivity contribution in [3.8, 4) is 5.75 Å². The predicted octanol–water partition coefficient (Wildman–Crippen LogP) is 3.03. The lowest BCUT2D eigenvalue weighted by atomic mass is 10.1. The van der Waals surface area contributed by atoms with Gasteiger partial charge in [0.1, 0.15) is 11.6 Å². The summed E-state index contributed by atoms with van der Waals surface area (Å²) >= 11 is 0. The minimum Gasteiger partial charge on any atom is -0.493 e. The summed E-state index contributed by atoms with van der Waals surface area (Å²) < 4.78 is 13.4. The van der Waals surface area contributed by atoms with Gasteiger partial charge in [-0.25, -0.2) is 4.68 Å². The summed E-state index contributed by atoms with van der Waals surface area (Å²) in [7, 11) is 1.66. The van der Waals surface area contributed by atoms with Crippen molar-refractivity contribution < 1.29 is 9.15 Å². The highest BCUT2D eigenvalue weighted by atomic mass is 16.5. The first-order chi connectivity index (χ1) is 11.7. The van der Waals surface area contributed by atoms with Crippen LogP contribution in [0, 0.1) is 5.92 Å². The van der Waals surface area contributed by atoms with Crippen LogP contribution in [0.5, 0.6) is 5.75 Å². The number of hydrogen-bond acceptors (Lipinski definition) is 5. The zero-order chi connectivity index (χ0) is 16.5. The Bertz CT molecular complexity index is 839. The van der Waals surface area contributed by atoms with Crippen LogP contribution in [-0.4, -0.2) is 30.0 Å². The average Bonchev–Trinajstić information content (AvgIpc) is 3.25. The number of benzene rings is 1. The van der Waals surface area contributed by atoms with Gasteiger partial charge in [-0.15, -0.1) is 0 Å². The Morgan fingerprint density at radius 2 is 2.38 bits per heavy atom. The summed E-state index contributed by atoms with van der Waals surface area (Å²) in [4.78, 5) is 0. The number of methoxy groups -OCH3 is 1. The molecule has 1 aromatic carbocycles. The van der Waals surface area contributed by atoms with Gasteiger partial charge in [-0.3, -0.25) is 0 Å². The van der Waals surface area contributed by atoms with Crippen molar-refractivity contribution in [2.45, 2.75) is 19.5 Å². The molecule has 3 heterocycles. The standard InChI is InChI=1S/C18H22N4O2/c1-12(16-8-14-4-3-5-15(23-2)18(14)24-16)19-9-13-10-20-17-6-7-21-22(17)11-13/h3-8,12-13,19-20H,9-11H2,1-2H3.